The lowest BCUT2D eigenvalue weighted by Crippen LogP contribution is -2.33. The Morgan fingerprint density at radius 1 is 1.12 bits per heavy atom. The van der Waals surface area contributed by atoms with Gasteiger partial charge in [0.25, 0.3) is 0 Å². The summed E-state index contributed by atoms with van der Waals surface area (Å²) in [6.07, 6.45) is 0.847. The zero-order valence-electron chi connectivity index (χ0n) is 14.5. The van der Waals surface area contributed by atoms with Crippen LogP contribution in [-0.2, 0) is 0 Å². The molecule has 0 fully saturated rings. The van der Waals surface area contributed by atoms with Crippen LogP contribution in [0.3, 0.4) is 0 Å². The van der Waals surface area contributed by atoms with Crippen LogP contribution in [0.25, 0.3) is 0 Å². The van der Waals surface area contributed by atoms with Crippen LogP contribution in [0, 0.1) is 17.6 Å². The largest absolute Gasteiger partial charge is 0.497 e. The van der Waals surface area contributed by atoms with E-state index in [1.807, 2.05) is 24.3 Å². The molecule has 0 radical (unpaired) electrons. The van der Waals surface area contributed by atoms with E-state index < -0.39 is 11.6 Å². The Bertz CT molecular complexity index is 720. The summed E-state index contributed by atoms with van der Waals surface area (Å²) in [6, 6.07) is 11.0. The van der Waals surface area contributed by atoms with Crippen LogP contribution in [0.1, 0.15) is 31.9 Å². The van der Waals surface area contributed by atoms with E-state index in [4.69, 9.17) is 17.0 Å². The van der Waals surface area contributed by atoms with Gasteiger partial charge in [-0.05, 0) is 54.4 Å². The Kier molecular flexibility index (Phi) is 6.70. The van der Waals surface area contributed by atoms with Gasteiger partial charge in [-0.15, -0.1) is 0 Å². The Balaban J connectivity index is 2.11. The smallest absolute Gasteiger partial charge is 0.171 e. The van der Waals surface area contributed by atoms with Crippen molar-refractivity contribution in [1.82, 2.24) is 5.32 Å². The first-order valence-corrected chi connectivity index (χ1v) is 8.46. The summed E-state index contributed by atoms with van der Waals surface area (Å²) in [5, 5.41) is 6.28. The summed E-state index contributed by atoms with van der Waals surface area (Å²) >= 11 is 5.30. The molecule has 0 spiro atoms. The van der Waals surface area contributed by atoms with Crippen molar-refractivity contribution in [3.05, 3.63) is 59.7 Å². The first-order valence-electron chi connectivity index (χ1n) is 8.05. The van der Waals surface area contributed by atoms with Gasteiger partial charge in [-0.25, -0.2) is 8.78 Å². The number of hydrogen-bond acceptors (Lipinski definition) is 2. The summed E-state index contributed by atoms with van der Waals surface area (Å²) in [7, 11) is 1.62. The van der Waals surface area contributed by atoms with E-state index in [0.29, 0.717) is 5.92 Å². The molecule has 1 unspecified atom stereocenters. The van der Waals surface area contributed by atoms with E-state index in [9.17, 15) is 8.78 Å². The molecular weight excluding hydrogens is 342 g/mol. The third-order valence-corrected chi connectivity index (χ3v) is 3.93. The third-order valence-electron chi connectivity index (χ3n) is 3.71. The summed E-state index contributed by atoms with van der Waals surface area (Å²) in [5.74, 6) is -0.0991. The Morgan fingerprint density at radius 3 is 2.36 bits per heavy atom. The molecule has 0 bridgehead atoms. The molecule has 0 aromatic heterocycles. The van der Waals surface area contributed by atoms with Crippen molar-refractivity contribution in [1.29, 1.82) is 0 Å². The van der Waals surface area contributed by atoms with Crippen LogP contribution in [0.4, 0.5) is 14.5 Å². The van der Waals surface area contributed by atoms with E-state index in [1.54, 1.807) is 7.11 Å². The second kappa shape index (κ2) is 8.76. The van der Waals surface area contributed by atoms with E-state index in [0.717, 1.165) is 23.8 Å². The molecular formula is C19H22F2N2OS. The molecule has 0 amide bonds. The van der Waals surface area contributed by atoms with Crippen LogP contribution in [0.15, 0.2) is 42.5 Å². The van der Waals surface area contributed by atoms with Gasteiger partial charge in [-0.3, -0.25) is 0 Å². The first kappa shape index (κ1) is 19.1. The normalized spacial score (nSPS) is 11.9. The maximum atomic E-state index is 13.8. The van der Waals surface area contributed by atoms with Gasteiger partial charge in [0.2, 0.25) is 0 Å². The summed E-state index contributed by atoms with van der Waals surface area (Å²) in [4.78, 5) is 0. The second-order valence-electron chi connectivity index (χ2n) is 6.18. The van der Waals surface area contributed by atoms with Gasteiger partial charge in [0, 0.05) is 6.07 Å². The number of nitrogens with one attached hydrogen (secondary N) is 2. The lowest BCUT2D eigenvalue weighted by atomic mass is 9.97. The van der Waals surface area contributed by atoms with Crippen molar-refractivity contribution < 1.29 is 13.5 Å². The van der Waals surface area contributed by atoms with Gasteiger partial charge in [0.15, 0.2) is 5.11 Å². The third kappa shape index (κ3) is 5.67. The van der Waals surface area contributed by atoms with Crippen molar-refractivity contribution in [2.45, 2.75) is 26.3 Å². The lowest BCUT2D eigenvalue weighted by molar-refractivity contribution is 0.414. The number of rotatable bonds is 6. The molecule has 1 atom stereocenters. The van der Waals surface area contributed by atoms with E-state index in [1.165, 1.54) is 12.1 Å². The number of thiocarbonyl (C=S) groups is 1. The minimum Gasteiger partial charge on any atom is -0.497 e. The number of hydrogen-bond donors (Lipinski definition) is 2. The Labute approximate surface area is 152 Å². The minimum absolute atomic E-state index is 0.0329. The van der Waals surface area contributed by atoms with E-state index >= 15 is 0 Å². The molecule has 0 aliphatic rings. The van der Waals surface area contributed by atoms with Crippen LogP contribution in [0.2, 0.25) is 0 Å². The van der Waals surface area contributed by atoms with Crippen LogP contribution < -0.4 is 15.4 Å². The molecule has 2 N–H and O–H groups in total. The summed E-state index contributed by atoms with van der Waals surface area (Å²) in [5.41, 5.74) is 1.19. The number of ether oxygens (including phenoxy) is 1. The highest BCUT2D eigenvalue weighted by Crippen LogP contribution is 2.24. The molecule has 2 aromatic carbocycles. The molecule has 0 saturated heterocycles. The first-order chi connectivity index (χ1) is 11.9. The van der Waals surface area contributed by atoms with Crippen molar-refractivity contribution in [2.24, 2.45) is 5.92 Å². The van der Waals surface area contributed by atoms with Crippen molar-refractivity contribution >= 4 is 23.0 Å². The van der Waals surface area contributed by atoms with Gasteiger partial charge >= 0.3 is 0 Å². The zero-order valence-corrected chi connectivity index (χ0v) is 15.3. The molecule has 0 aliphatic carbocycles. The molecule has 2 aromatic rings. The predicted molar refractivity (Wildman–Crippen MR) is 101 cm³/mol. The number of anilines is 1. The van der Waals surface area contributed by atoms with Crippen molar-refractivity contribution in [3.63, 3.8) is 0 Å². The van der Waals surface area contributed by atoms with E-state index in [2.05, 4.69) is 24.5 Å². The molecule has 134 valence electrons. The SMILES string of the molecule is COc1ccc(C(CC(C)C)NC(=S)Nc2ccc(F)cc2F)cc1. The van der Waals surface area contributed by atoms with Crippen LogP contribution in [-0.4, -0.2) is 12.2 Å². The quantitative estimate of drug-likeness (QED) is 0.703. The Hall–Kier alpha value is -2.21. The molecule has 6 heteroatoms. The summed E-state index contributed by atoms with van der Waals surface area (Å²) in [6.45, 7) is 4.24. The molecule has 0 saturated carbocycles. The number of methoxy groups -OCH3 is 1. The van der Waals surface area contributed by atoms with Crippen LogP contribution >= 0.6 is 12.2 Å². The Morgan fingerprint density at radius 2 is 1.80 bits per heavy atom. The standard InChI is InChI=1S/C19H22F2N2OS/c1-12(2)10-18(13-4-7-15(24-3)8-5-13)23-19(25)22-17-9-6-14(20)11-16(17)21/h4-9,11-12,18H,10H2,1-3H3,(H2,22,23,25). The summed E-state index contributed by atoms with van der Waals surface area (Å²) < 4.78 is 31.9. The monoisotopic (exact) mass is 364 g/mol. The zero-order chi connectivity index (χ0) is 18.4. The maximum absolute atomic E-state index is 13.8. The molecule has 25 heavy (non-hydrogen) atoms. The molecule has 2 rings (SSSR count). The van der Waals surface area contributed by atoms with Gasteiger partial charge in [-0.1, -0.05) is 26.0 Å². The van der Waals surface area contributed by atoms with Crippen molar-refractivity contribution in [2.75, 3.05) is 12.4 Å². The average molecular weight is 364 g/mol. The maximum Gasteiger partial charge on any atom is 0.171 e. The fraction of sp³-hybridized carbons (Fsp3) is 0.316. The van der Waals surface area contributed by atoms with Gasteiger partial charge in [0.05, 0.1) is 18.8 Å². The second-order valence-corrected chi connectivity index (χ2v) is 6.59. The fourth-order valence-corrected chi connectivity index (χ4v) is 2.75. The van der Waals surface area contributed by atoms with Gasteiger partial charge in [0.1, 0.15) is 17.4 Å². The topological polar surface area (TPSA) is 33.3 Å². The highest BCUT2D eigenvalue weighted by atomic mass is 32.1. The highest BCUT2D eigenvalue weighted by Gasteiger charge is 2.15. The fourth-order valence-electron chi connectivity index (χ4n) is 2.49. The van der Waals surface area contributed by atoms with Crippen LogP contribution in [0.5, 0.6) is 5.75 Å². The average Bonchev–Trinajstić information content (AvgIpc) is 2.56. The minimum atomic E-state index is -0.686. The highest BCUT2D eigenvalue weighted by molar-refractivity contribution is 7.80. The molecule has 3 nitrogen and oxygen atoms in total. The number of benzene rings is 2. The van der Waals surface area contributed by atoms with Crippen molar-refractivity contribution in [3.8, 4) is 5.75 Å². The molecule has 0 aliphatic heterocycles. The lowest BCUT2D eigenvalue weighted by Gasteiger charge is -2.23. The predicted octanol–water partition coefficient (Wildman–Crippen LogP) is 5.05. The van der Waals surface area contributed by atoms with Gasteiger partial charge in [-0.2, -0.15) is 0 Å². The molecule has 0 heterocycles. The van der Waals surface area contributed by atoms with Gasteiger partial charge < -0.3 is 15.4 Å². The number of halogens is 2. The van der Waals surface area contributed by atoms with E-state index in [-0.39, 0.29) is 16.8 Å².